The lowest BCUT2D eigenvalue weighted by Gasteiger charge is -2.47. The smallest absolute Gasteiger partial charge is 0.336 e. The van der Waals surface area contributed by atoms with Crippen LogP contribution in [0, 0.1) is 5.41 Å². The number of hydrogen-bond donors (Lipinski definition) is 0. The molecule has 0 atom stereocenters. The summed E-state index contributed by atoms with van der Waals surface area (Å²) in [7, 11) is 0. The molecule has 0 saturated heterocycles. The standard InChI is InChI=1S/C18H27F6NO/c1-2-16(17(19,20)21,18(22,23)24)15(26)25(13-9-5-3-6-10-13)14-11-7-4-8-12-14/h13-14H,2-12H2,1H3. The predicted molar refractivity (Wildman–Crippen MR) is 85.4 cm³/mol. The Kier molecular flexibility index (Phi) is 6.54. The maximum Gasteiger partial charge on any atom is 0.412 e. The van der Waals surface area contributed by atoms with Crippen LogP contribution in [-0.4, -0.2) is 35.2 Å². The quantitative estimate of drug-likeness (QED) is 0.542. The Labute approximate surface area is 150 Å². The van der Waals surface area contributed by atoms with Crippen LogP contribution in [0.15, 0.2) is 0 Å². The number of carbonyl (C=O) groups is 1. The Morgan fingerprint density at radius 2 is 1.12 bits per heavy atom. The third-order valence-electron chi connectivity index (χ3n) is 6.03. The van der Waals surface area contributed by atoms with Crippen molar-refractivity contribution in [2.45, 2.75) is 102 Å². The van der Waals surface area contributed by atoms with Crippen molar-refractivity contribution in [2.24, 2.45) is 5.41 Å². The Balaban J connectivity index is 2.47. The first-order chi connectivity index (χ1) is 12.1. The van der Waals surface area contributed by atoms with Crippen LogP contribution in [0.1, 0.15) is 77.6 Å². The summed E-state index contributed by atoms with van der Waals surface area (Å²) in [6.45, 7) is 0.804. The molecular formula is C18H27F6NO. The summed E-state index contributed by atoms with van der Waals surface area (Å²) in [5.41, 5.74) is -4.31. The molecule has 26 heavy (non-hydrogen) atoms. The van der Waals surface area contributed by atoms with Crippen molar-refractivity contribution >= 4 is 5.91 Å². The van der Waals surface area contributed by atoms with E-state index in [1.165, 1.54) is 0 Å². The summed E-state index contributed by atoms with van der Waals surface area (Å²) in [6.07, 6.45) is -5.98. The number of amides is 1. The van der Waals surface area contributed by atoms with Crippen molar-refractivity contribution in [3.05, 3.63) is 0 Å². The van der Waals surface area contributed by atoms with E-state index in [9.17, 15) is 31.1 Å². The monoisotopic (exact) mass is 387 g/mol. The van der Waals surface area contributed by atoms with E-state index in [2.05, 4.69) is 0 Å². The third-order valence-corrected chi connectivity index (χ3v) is 6.03. The van der Waals surface area contributed by atoms with E-state index in [1.54, 1.807) is 0 Å². The molecule has 0 aliphatic heterocycles. The minimum atomic E-state index is -5.67. The van der Waals surface area contributed by atoms with Gasteiger partial charge in [-0.3, -0.25) is 4.79 Å². The number of nitrogens with zero attached hydrogens (tertiary/aromatic N) is 1. The van der Waals surface area contributed by atoms with Crippen molar-refractivity contribution in [1.29, 1.82) is 0 Å². The largest absolute Gasteiger partial charge is 0.412 e. The lowest BCUT2D eigenvalue weighted by atomic mass is 9.78. The van der Waals surface area contributed by atoms with Crippen LogP contribution >= 0.6 is 0 Å². The molecule has 0 heterocycles. The highest BCUT2D eigenvalue weighted by atomic mass is 19.4. The SMILES string of the molecule is CCC(C(=O)N(C1CCCCC1)C1CCCCC1)(C(F)(F)F)C(F)(F)F. The number of rotatable bonds is 4. The fourth-order valence-corrected chi connectivity index (χ4v) is 4.52. The molecule has 152 valence electrons. The first kappa shape index (κ1) is 21.4. The molecule has 2 nitrogen and oxygen atoms in total. The minimum absolute atomic E-state index is 0.484. The molecule has 0 radical (unpaired) electrons. The van der Waals surface area contributed by atoms with Crippen LogP contribution in [0.25, 0.3) is 0 Å². The van der Waals surface area contributed by atoms with E-state index < -0.39 is 42.2 Å². The predicted octanol–water partition coefficient (Wildman–Crippen LogP) is 6.00. The molecule has 0 N–H and O–H groups in total. The second-order valence-electron chi connectivity index (χ2n) is 7.55. The second-order valence-corrected chi connectivity index (χ2v) is 7.55. The number of hydrogen-bond acceptors (Lipinski definition) is 1. The van der Waals surface area contributed by atoms with Crippen LogP contribution in [-0.2, 0) is 4.79 Å². The average molecular weight is 387 g/mol. The zero-order valence-electron chi connectivity index (χ0n) is 15.1. The minimum Gasteiger partial charge on any atom is -0.336 e. The van der Waals surface area contributed by atoms with Gasteiger partial charge >= 0.3 is 12.4 Å². The van der Waals surface area contributed by atoms with Gasteiger partial charge < -0.3 is 4.90 Å². The van der Waals surface area contributed by atoms with Gasteiger partial charge in [0, 0.05) is 12.1 Å². The van der Waals surface area contributed by atoms with Gasteiger partial charge in [0.05, 0.1) is 0 Å². The maximum atomic E-state index is 13.6. The van der Waals surface area contributed by atoms with Crippen LogP contribution in [0.3, 0.4) is 0 Å². The topological polar surface area (TPSA) is 20.3 Å². The zero-order valence-corrected chi connectivity index (χ0v) is 15.1. The zero-order chi connectivity index (χ0) is 19.6. The van der Waals surface area contributed by atoms with Crippen LogP contribution in [0.2, 0.25) is 0 Å². The Morgan fingerprint density at radius 3 is 1.38 bits per heavy atom. The Morgan fingerprint density at radius 1 is 0.769 bits per heavy atom. The first-order valence-electron chi connectivity index (χ1n) is 9.52. The lowest BCUT2D eigenvalue weighted by Crippen LogP contribution is -2.63. The van der Waals surface area contributed by atoms with Crippen LogP contribution in [0.5, 0.6) is 0 Å². The lowest BCUT2D eigenvalue weighted by molar-refractivity contribution is -0.330. The number of alkyl halides is 6. The van der Waals surface area contributed by atoms with Gasteiger partial charge in [0.15, 0.2) is 0 Å². The van der Waals surface area contributed by atoms with Crippen molar-refractivity contribution in [3.63, 3.8) is 0 Å². The number of carbonyl (C=O) groups excluding carboxylic acids is 1. The second kappa shape index (κ2) is 7.97. The molecular weight excluding hydrogens is 360 g/mol. The van der Waals surface area contributed by atoms with Gasteiger partial charge in [0.1, 0.15) is 0 Å². The summed E-state index contributed by atoms with van der Waals surface area (Å²) < 4.78 is 81.9. The maximum absolute atomic E-state index is 13.6. The molecule has 0 aromatic carbocycles. The molecule has 0 spiro atoms. The fourth-order valence-electron chi connectivity index (χ4n) is 4.52. The van der Waals surface area contributed by atoms with Gasteiger partial charge in [0.25, 0.3) is 0 Å². The summed E-state index contributed by atoms with van der Waals surface area (Å²) in [5.74, 6) is -1.78. The van der Waals surface area contributed by atoms with Gasteiger partial charge in [-0.2, -0.15) is 26.3 Å². The Hall–Kier alpha value is -0.950. The summed E-state index contributed by atoms with van der Waals surface area (Å²) >= 11 is 0. The van der Waals surface area contributed by atoms with E-state index in [0.29, 0.717) is 25.7 Å². The van der Waals surface area contributed by atoms with Crippen molar-refractivity contribution in [1.82, 2.24) is 4.90 Å². The van der Waals surface area contributed by atoms with Gasteiger partial charge in [-0.1, -0.05) is 45.4 Å². The van der Waals surface area contributed by atoms with Gasteiger partial charge in [0.2, 0.25) is 11.3 Å². The molecule has 0 aromatic rings. The van der Waals surface area contributed by atoms with Crippen molar-refractivity contribution in [3.8, 4) is 0 Å². The molecule has 0 unspecified atom stereocenters. The van der Waals surface area contributed by atoms with Crippen molar-refractivity contribution < 1.29 is 31.1 Å². The van der Waals surface area contributed by atoms with E-state index in [0.717, 1.165) is 50.3 Å². The van der Waals surface area contributed by atoms with Gasteiger partial charge in [-0.05, 0) is 32.1 Å². The molecule has 8 heteroatoms. The normalized spacial score (nSPS) is 21.7. The highest BCUT2D eigenvalue weighted by Crippen LogP contribution is 2.54. The summed E-state index contributed by atoms with van der Waals surface area (Å²) in [6, 6.07) is -1.04. The van der Waals surface area contributed by atoms with E-state index in [-0.39, 0.29) is 0 Å². The van der Waals surface area contributed by atoms with E-state index in [1.807, 2.05) is 0 Å². The molecule has 0 aromatic heterocycles. The molecule has 0 bridgehead atoms. The third kappa shape index (κ3) is 3.84. The fraction of sp³-hybridized carbons (Fsp3) is 0.944. The summed E-state index contributed by atoms with van der Waals surface area (Å²) in [4.78, 5) is 14.0. The van der Waals surface area contributed by atoms with Crippen LogP contribution < -0.4 is 0 Å². The highest BCUT2D eigenvalue weighted by Gasteiger charge is 2.75. The number of halogens is 6. The molecule has 2 saturated carbocycles. The average Bonchev–Trinajstić information content (AvgIpc) is 2.55. The molecule has 2 aliphatic rings. The molecule has 2 rings (SSSR count). The molecule has 1 amide bonds. The first-order valence-corrected chi connectivity index (χ1v) is 9.52. The van der Waals surface area contributed by atoms with Gasteiger partial charge in [-0.25, -0.2) is 0 Å². The highest BCUT2D eigenvalue weighted by molar-refractivity contribution is 5.85. The van der Waals surface area contributed by atoms with E-state index in [4.69, 9.17) is 0 Å². The van der Waals surface area contributed by atoms with E-state index >= 15 is 0 Å². The van der Waals surface area contributed by atoms with Crippen LogP contribution in [0.4, 0.5) is 26.3 Å². The van der Waals surface area contributed by atoms with Gasteiger partial charge in [-0.15, -0.1) is 0 Å². The molecule has 2 fully saturated rings. The molecule has 2 aliphatic carbocycles. The van der Waals surface area contributed by atoms with Crippen molar-refractivity contribution in [2.75, 3.05) is 0 Å². The Bertz CT molecular complexity index is 443. The summed E-state index contributed by atoms with van der Waals surface area (Å²) in [5, 5.41) is 0.